The van der Waals surface area contributed by atoms with E-state index in [0.717, 1.165) is 28.3 Å². The second-order valence-electron chi connectivity index (χ2n) is 6.36. The van der Waals surface area contributed by atoms with E-state index in [4.69, 9.17) is 4.74 Å². The maximum Gasteiger partial charge on any atom is 0.352 e. The van der Waals surface area contributed by atoms with Crippen LogP contribution in [0, 0.1) is 6.92 Å². The number of benzene rings is 2. The van der Waals surface area contributed by atoms with Crippen LogP contribution in [0.1, 0.15) is 22.7 Å². The zero-order chi connectivity index (χ0) is 19.0. The van der Waals surface area contributed by atoms with Gasteiger partial charge in [-0.25, -0.2) is 9.48 Å². The summed E-state index contributed by atoms with van der Waals surface area (Å²) in [5.41, 5.74) is 3.81. The zero-order valence-corrected chi connectivity index (χ0v) is 15.0. The summed E-state index contributed by atoms with van der Waals surface area (Å²) < 4.78 is 6.99. The van der Waals surface area contributed by atoms with Gasteiger partial charge in [0.15, 0.2) is 0 Å². The molecular weight excluding hydrogens is 342 g/mol. The summed E-state index contributed by atoms with van der Waals surface area (Å²) >= 11 is 0. The molecule has 2 heterocycles. The molecule has 0 radical (unpaired) electrons. The van der Waals surface area contributed by atoms with E-state index >= 15 is 0 Å². The summed E-state index contributed by atoms with van der Waals surface area (Å²) in [5.74, 6) is 0.222. The van der Waals surface area contributed by atoms with Crippen molar-refractivity contribution >= 4 is 11.8 Å². The molecule has 0 aliphatic carbocycles. The summed E-state index contributed by atoms with van der Waals surface area (Å²) in [6, 6.07) is 17.3. The lowest BCUT2D eigenvalue weighted by molar-refractivity contribution is -0.132. The second-order valence-corrected chi connectivity index (χ2v) is 6.36. The average molecular weight is 361 g/mol. The van der Waals surface area contributed by atoms with Crippen molar-refractivity contribution in [1.82, 2.24) is 9.78 Å². The number of allylic oxidation sites excluding steroid dienone is 1. The van der Waals surface area contributed by atoms with Crippen molar-refractivity contribution < 1.29 is 14.6 Å². The van der Waals surface area contributed by atoms with E-state index in [2.05, 4.69) is 10.4 Å². The van der Waals surface area contributed by atoms with E-state index in [-0.39, 0.29) is 11.6 Å². The van der Waals surface area contributed by atoms with Crippen molar-refractivity contribution in [3.8, 4) is 11.4 Å². The number of methoxy groups -OCH3 is 1. The minimum atomic E-state index is -1.00. The van der Waals surface area contributed by atoms with Gasteiger partial charge in [-0.05, 0) is 42.8 Å². The fourth-order valence-electron chi connectivity index (χ4n) is 3.41. The minimum absolute atomic E-state index is 0.139. The molecule has 1 aromatic heterocycles. The van der Waals surface area contributed by atoms with Gasteiger partial charge in [0.25, 0.3) is 0 Å². The number of anilines is 1. The smallest absolute Gasteiger partial charge is 0.352 e. The number of aryl methyl sites for hydroxylation is 1. The molecule has 2 aromatic carbocycles. The third-order valence-electron chi connectivity index (χ3n) is 4.71. The van der Waals surface area contributed by atoms with Crippen LogP contribution in [0.5, 0.6) is 5.75 Å². The standard InChI is InChI=1S/C21H19N3O3/c1-13-19-17(14-8-10-16(27-2)11-9-14)12-18(21(25)26)22-20(19)24(23-13)15-6-4-3-5-7-15/h3-12,17,22H,1-2H3,(H,25,26). The molecule has 4 rings (SSSR count). The topological polar surface area (TPSA) is 76.4 Å². The summed E-state index contributed by atoms with van der Waals surface area (Å²) in [4.78, 5) is 11.7. The summed E-state index contributed by atoms with van der Waals surface area (Å²) in [7, 11) is 1.62. The number of nitrogens with zero attached hydrogens (tertiary/aromatic N) is 2. The fourth-order valence-corrected chi connectivity index (χ4v) is 3.41. The number of aliphatic carboxylic acids is 1. The number of fused-ring (bicyclic) bond motifs is 1. The minimum Gasteiger partial charge on any atom is -0.497 e. The van der Waals surface area contributed by atoms with Crippen LogP contribution in [-0.2, 0) is 4.79 Å². The Kier molecular flexibility index (Phi) is 4.16. The van der Waals surface area contributed by atoms with Crippen LogP contribution in [0.4, 0.5) is 5.82 Å². The Bertz CT molecular complexity index is 1020. The third kappa shape index (κ3) is 2.95. The van der Waals surface area contributed by atoms with Crippen LogP contribution in [0.3, 0.4) is 0 Å². The molecule has 6 nitrogen and oxygen atoms in total. The molecule has 0 saturated carbocycles. The fraction of sp³-hybridized carbons (Fsp3) is 0.143. The van der Waals surface area contributed by atoms with Crippen molar-refractivity contribution in [3.63, 3.8) is 0 Å². The lowest BCUT2D eigenvalue weighted by Gasteiger charge is -2.23. The molecule has 27 heavy (non-hydrogen) atoms. The van der Waals surface area contributed by atoms with Gasteiger partial charge in [0, 0.05) is 11.5 Å². The molecule has 1 aliphatic rings. The van der Waals surface area contributed by atoms with Gasteiger partial charge < -0.3 is 15.2 Å². The zero-order valence-electron chi connectivity index (χ0n) is 15.0. The molecule has 6 heteroatoms. The van der Waals surface area contributed by atoms with E-state index in [1.165, 1.54) is 0 Å². The van der Waals surface area contributed by atoms with Crippen LogP contribution in [-0.4, -0.2) is 28.0 Å². The molecule has 136 valence electrons. The second kappa shape index (κ2) is 6.64. The van der Waals surface area contributed by atoms with Gasteiger partial charge in [-0.3, -0.25) is 0 Å². The number of rotatable bonds is 4. The lowest BCUT2D eigenvalue weighted by atomic mass is 9.88. The van der Waals surface area contributed by atoms with Gasteiger partial charge >= 0.3 is 5.97 Å². The SMILES string of the molecule is COc1ccc(C2C=C(C(=O)O)Nc3c2c(C)nn3-c2ccccc2)cc1. The number of carboxylic acid groups (broad SMARTS) is 1. The lowest BCUT2D eigenvalue weighted by Crippen LogP contribution is -2.20. The van der Waals surface area contributed by atoms with Gasteiger partial charge in [0.2, 0.25) is 0 Å². The Labute approximate surface area is 156 Å². The highest BCUT2D eigenvalue weighted by molar-refractivity contribution is 5.92. The first-order valence-corrected chi connectivity index (χ1v) is 8.59. The maximum absolute atomic E-state index is 11.7. The van der Waals surface area contributed by atoms with Crippen LogP contribution < -0.4 is 10.1 Å². The van der Waals surface area contributed by atoms with Crippen molar-refractivity contribution in [3.05, 3.63) is 83.2 Å². The number of carbonyl (C=O) groups is 1. The highest BCUT2D eigenvalue weighted by atomic mass is 16.5. The van der Waals surface area contributed by atoms with Crippen LogP contribution in [0.2, 0.25) is 0 Å². The molecule has 0 spiro atoms. The Balaban J connectivity index is 1.88. The normalized spacial score (nSPS) is 15.5. The van der Waals surface area contributed by atoms with Crippen LogP contribution in [0.15, 0.2) is 66.4 Å². The quantitative estimate of drug-likeness (QED) is 0.741. The summed E-state index contributed by atoms with van der Waals surface area (Å²) in [6.45, 7) is 1.94. The monoisotopic (exact) mass is 361 g/mol. The van der Waals surface area contributed by atoms with Crippen molar-refractivity contribution in [2.75, 3.05) is 12.4 Å². The maximum atomic E-state index is 11.7. The van der Waals surface area contributed by atoms with E-state index in [1.807, 2.05) is 61.5 Å². The van der Waals surface area contributed by atoms with E-state index in [9.17, 15) is 9.90 Å². The number of nitrogens with one attached hydrogen (secondary N) is 1. The first-order chi connectivity index (χ1) is 13.1. The van der Waals surface area contributed by atoms with E-state index in [1.54, 1.807) is 17.9 Å². The number of para-hydroxylation sites is 1. The molecule has 0 amide bonds. The van der Waals surface area contributed by atoms with Crippen LogP contribution in [0.25, 0.3) is 5.69 Å². The van der Waals surface area contributed by atoms with Gasteiger partial charge in [-0.1, -0.05) is 30.3 Å². The van der Waals surface area contributed by atoms with Gasteiger partial charge in [0.05, 0.1) is 18.5 Å². The molecule has 0 fully saturated rings. The number of aromatic nitrogens is 2. The Morgan fingerprint density at radius 1 is 1.15 bits per heavy atom. The molecule has 1 aliphatic heterocycles. The third-order valence-corrected chi connectivity index (χ3v) is 4.71. The van der Waals surface area contributed by atoms with Gasteiger partial charge in [-0.15, -0.1) is 0 Å². The molecule has 1 atom stereocenters. The largest absolute Gasteiger partial charge is 0.497 e. The Morgan fingerprint density at radius 3 is 2.48 bits per heavy atom. The molecule has 0 saturated heterocycles. The van der Waals surface area contributed by atoms with Gasteiger partial charge in [-0.2, -0.15) is 5.10 Å². The predicted molar refractivity (Wildman–Crippen MR) is 102 cm³/mol. The van der Waals surface area contributed by atoms with E-state index < -0.39 is 5.97 Å². The first kappa shape index (κ1) is 16.9. The number of carboxylic acids is 1. The van der Waals surface area contributed by atoms with Gasteiger partial charge in [0.1, 0.15) is 17.3 Å². The number of hydrogen-bond donors (Lipinski definition) is 2. The van der Waals surface area contributed by atoms with Crippen molar-refractivity contribution in [2.24, 2.45) is 0 Å². The predicted octanol–water partition coefficient (Wildman–Crippen LogP) is 3.72. The number of hydrogen-bond acceptors (Lipinski definition) is 4. The average Bonchev–Trinajstić information content (AvgIpc) is 3.05. The summed E-state index contributed by atoms with van der Waals surface area (Å²) in [5, 5.41) is 17.3. The van der Waals surface area contributed by atoms with E-state index in [0.29, 0.717) is 5.82 Å². The number of ether oxygens (including phenoxy) is 1. The molecule has 3 aromatic rings. The van der Waals surface area contributed by atoms with Crippen molar-refractivity contribution in [2.45, 2.75) is 12.8 Å². The Morgan fingerprint density at radius 2 is 1.85 bits per heavy atom. The summed E-state index contributed by atoms with van der Waals surface area (Å²) in [6.07, 6.45) is 1.73. The Hall–Kier alpha value is -3.54. The molecule has 1 unspecified atom stereocenters. The van der Waals surface area contributed by atoms with Crippen molar-refractivity contribution in [1.29, 1.82) is 0 Å². The molecule has 0 bridgehead atoms. The van der Waals surface area contributed by atoms with Crippen LogP contribution >= 0.6 is 0 Å². The highest BCUT2D eigenvalue weighted by Gasteiger charge is 2.30. The molecule has 2 N–H and O–H groups in total. The highest BCUT2D eigenvalue weighted by Crippen LogP contribution is 2.40. The first-order valence-electron chi connectivity index (χ1n) is 8.59. The molecular formula is C21H19N3O3.